The number of rotatable bonds is 1. The molecule has 0 amide bonds. The van der Waals surface area contributed by atoms with E-state index in [9.17, 15) is 5.11 Å². The van der Waals surface area contributed by atoms with Crippen molar-refractivity contribution in [1.29, 1.82) is 0 Å². The molecule has 0 radical (unpaired) electrons. The van der Waals surface area contributed by atoms with E-state index in [0.29, 0.717) is 6.54 Å². The lowest BCUT2D eigenvalue weighted by Crippen LogP contribution is -2.32. The summed E-state index contributed by atoms with van der Waals surface area (Å²) in [4.78, 5) is 4.36. The fraction of sp³-hybridized carbons (Fsp3) is 0.417. The van der Waals surface area contributed by atoms with Crippen LogP contribution in [-0.2, 0) is 5.60 Å². The first-order chi connectivity index (χ1) is 7.06. The highest BCUT2D eigenvalue weighted by atomic mass is 16.3. The molecule has 1 heterocycles. The predicted molar refractivity (Wildman–Crippen MR) is 62.6 cm³/mol. The number of anilines is 1. The Labute approximate surface area is 89.9 Å². The first-order valence-corrected chi connectivity index (χ1v) is 5.11. The second-order valence-corrected chi connectivity index (χ2v) is 4.15. The van der Waals surface area contributed by atoms with Gasteiger partial charge >= 0.3 is 0 Å². The molecule has 1 aromatic rings. The van der Waals surface area contributed by atoms with Crippen LogP contribution in [0.15, 0.2) is 23.2 Å². The van der Waals surface area contributed by atoms with Crippen LogP contribution in [0.25, 0.3) is 0 Å². The molecule has 3 nitrogen and oxygen atoms in total. The smallest absolute Gasteiger partial charge is 0.107 e. The molecular weight excluding hydrogens is 188 g/mol. The highest BCUT2D eigenvalue weighted by Gasteiger charge is 2.31. The van der Waals surface area contributed by atoms with Gasteiger partial charge in [-0.3, -0.25) is 4.99 Å². The van der Waals surface area contributed by atoms with E-state index in [-0.39, 0.29) is 0 Å². The van der Waals surface area contributed by atoms with E-state index in [1.807, 2.05) is 32.2 Å². The molecule has 0 fully saturated rings. The summed E-state index contributed by atoms with van der Waals surface area (Å²) >= 11 is 0. The predicted octanol–water partition coefficient (Wildman–Crippen LogP) is 1.76. The Bertz CT molecular complexity index is 422. The van der Waals surface area contributed by atoms with E-state index in [1.165, 1.54) is 0 Å². The maximum absolute atomic E-state index is 10.2. The lowest BCUT2D eigenvalue weighted by molar-refractivity contribution is 0.0656. The third-order valence-electron chi connectivity index (χ3n) is 2.90. The normalized spacial score (nSPS) is 24.4. The van der Waals surface area contributed by atoms with Gasteiger partial charge in [-0.15, -0.1) is 0 Å². The third-order valence-corrected chi connectivity index (χ3v) is 2.90. The molecule has 0 aliphatic carbocycles. The maximum Gasteiger partial charge on any atom is 0.107 e. The standard InChI is InChI=1S/C12H16N2O/c1-8-11-9(12(2,15)7-14-8)5-4-6-10(11)13-3/h4-6,13,15H,7H2,1-3H3. The number of hydrogen-bond donors (Lipinski definition) is 2. The first-order valence-electron chi connectivity index (χ1n) is 5.11. The summed E-state index contributed by atoms with van der Waals surface area (Å²) in [6.45, 7) is 4.23. The quantitative estimate of drug-likeness (QED) is 0.732. The molecule has 0 saturated heterocycles. The van der Waals surface area contributed by atoms with Crippen LogP contribution in [0.2, 0.25) is 0 Å². The van der Waals surface area contributed by atoms with Crippen molar-refractivity contribution in [2.24, 2.45) is 4.99 Å². The number of hydrogen-bond acceptors (Lipinski definition) is 3. The van der Waals surface area contributed by atoms with Crippen LogP contribution in [0.3, 0.4) is 0 Å². The molecule has 1 atom stereocenters. The number of nitrogens with one attached hydrogen (secondary N) is 1. The lowest BCUT2D eigenvalue weighted by Gasteiger charge is -2.30. The summed E-state index contributed by atoms with van der Waals surface area (Å²) < 4.78 is 0. The van der Waals surface area contributed by atoms with E-state index >= 15 is 0 Å². The van der Waals surface area contributed by atoms with E-state index in [2.05, 4.69) is 10.3 Å². The maximum atomic E-state index is 10.2. The zero-order valence-electron chi connectivity index (χ0n) is 9.33. The highest BCUT2D eigenvalue weighted by Crippen LogP contribution is 2.33. The molecule has 2 N–H and O–H groups in total. The molecule has 3 heteroatoms. The Hall–Kier alpha value is -1.35. The molecular formula is C12H16N2O. The minimum Gasteiger partial charge on any atom is -0.388 e. The summed E-state index contributed by atoms with van der Waals surface area (Å²) in [7, 11) is 1.88. The summed E-state index contributed by atoms with van der Waals surface area (Å²) in [5.41, 5.74) is 3.16. The largest absolute Gasteiger partial charge is 0.388 e. The van der Waals surface area contributed by atoms with Gasteiger partial charge in [0.05, 0.1) is 6.54 Å². The zero-order chi connectivity index (χ0) is 11.1. The molecule has 80 valence electrons. The van der Waals surface area contributed by atoms with Crippen LogP contribution in [0, 0.1) is 0 Å². The van der Waals surface area contributed by atoms with Crippen molar-refractivity contribution in [2.75, 3.05) is 18.9 Å². The van der Waals surface area contributed by atoms with Gasteiger partial charge in [-0.1, -0.05) is 12.1 Å². The fourth-order valence-corrected chi connectivity index (χ4v) is 2.04. The van der Waals surface area contributed by atoms with Gasteiger partial charge in [0.1, 0.15) is 5.60 Å². The Morgan fingerprint density at radius 2 is 2.20 bits per heavy atom. The summed E-state index contributed by atoms with van der Waals surface area (Å²) in [5.74, 6) is 0. The Morgan fingerprint density at radius 3 is 2.87 bits per heavy atom. The lowest BCUT2D eigenvalue weighted by atomic mass is 9.86. The molecule has 1 aliphatic heterocycles. The van der Waals surface area contributed by atoms with Crippen molar-refractivity contribution in [2.45, 2.75) is 19.4 Å². The molecule has 0 bridgehead atoms. The van der Waals surface area contributed by atoms with Crippen molar-refractivity contribution in [1.82, 2.24) is 0 Å². The second-order valence-electron chi connectivity index (χ2n) is 4.15. The molecule has 15 heavy (non-hydrogen) atoms. The fourth-order valence-electron chi connectivity index (χ4n) is 2.04. The minimum atomic E-state index is -0.846. The van der Waals surface area contributed by atoms with Gasteiger partial charge in [-0.2, -0.15) is 0 Å². The van der Waals surface area contributed by atoms with Crippen molar-refractivity contribution in [3.63, 3.8) is 0 Å². The Balaban J connectivity index is 2.69. The van der Waals surface area contributed by atoms with Gasteiger partial charge in [0.2, 0.25) is 0 Å². The highest BCUT2D eigenvalue weighted by molar-refractivity contribution is 6.05. The SMILES string of the molecule is CNc1cccc2c1C(C)=NCC2(C)O. The molecule has 0 spiro atoms. The number of aliphatic hydroxyl groups is 1. The molecule has 1 aromatic carbocycles. The van der Waals surface area contributed by atoms with Gasteiger partial charge in [0.15, 0.2) is 0 Å². The topological polar surface area (TPSA) is 44.6 Å². The van der Waals surface area contributed by atoms with Gasteiger partial charge in [-0.05, 0) is 25.5 Å². The van der Waals surface area contributed by atoms with Crippen molar-refractivity contribution < 1.29 is 5.11 Å². The monoisotopic (exact) mass is 204 g/mol. The molecule has 0 aromatic heterocycles. The summed E-state index contributed by atoms with van der Waals surface area (Å²) in [5, 5.41) is 13.4. The van der Waals surface area contributed by atoms with Crippen LogP contribution in [0.4, 0.5) is 5.69 Å². The van der Waals surface area contributed by atoms with Gasteiger partial charge in [0, 0.05) is 24.0 Å². The third kappa shape index (κ3) is 1.53. The summed E-state index contributed by atoms with van der Waals surface area (Å²) in [6, 6.07) is 5.92. The van der Waals surface area contributed by atoms with Crippen LogP contribution in [-0.4, -0.2) is 24.4 Å². The zero-order valence-corrected chi connectivity index (χ0v) is 9.33. The summed E-state index contributed by atoms with van der Waals surface area (Å²) in [6.07, 6.45) is 0. The number of fused-ring (bicyclic) bond motifs is 1. The van der Waals surface area contributed by atoms with Crippen LogP contribution in [0.5, 0.6) is 0 Å². The van der Waals surface area contributed by atoms with Crippen LogP contribution >= 0.6 is 0 Å². The van der Waals surface area contributed by atoms with Gasteiger partial charge in [0.25, 0.3) is 0 Å². The van der Waals surface area contributed by atoms with Crippen LogP contribution in [0.1, 0.15) is 25.0 Å². The van der Waals surface area contributed by atoms with E-state index in [0.717, 1.165) is 22.5 Å². The average molecular weight is 204 g/mol. The van der Waals surface area contributed by atoms with Gasteiger partial charge < -0.3 is 10.4 Å². The second kappa shape index (κ2) is 3.35. The molecule has 0 saturated carbocycles. The Morgan fingerprint density at radius 1 is 1.47 bits per heavy atom. The van der Waals surface area contributed by atoms with E-state index < -0.39 is 5.60 Å². The van der Waals surface area contributed by atoms with Crippen LogP contribution < -0.4 is 5.32 Å². The van der Waals surface area contributed by atoms with Gasteiger partial charge in [-0.25, -0.2) is 0 Å². The minimum absolute atomic E-state index is 0.443. The van der Waals surface area contributed by atoms with E-state index in [4.69, 9.17) is 0 Å². The first kappa shape index (κ1) is 10.2. The number of nitrogens with zero attached hydrogens (tertiary/aromatic N) is 1. The number of aliphatic imine (C=N–C) groups is 1. The molecule has 1 aliphatic rings. The molecule has 1 unspecified atom stereocenters. The van der Waals surface area contributed by atoms with Crippen molar-refractivity contribution in [3.05, 3.63) is 29.3 Å². The molecule has 2 rings (SSSR count). The van der Waals surface area contributed by atoms with Crippen molar-refractivity contribution in [3.8, 4) is 0 Å². The average Bonchev–Trinajstić information content (AvgIpc) is 2.23. The Kier molecular flexibility index (Phi) is 2.27. The van der Waals surface area contributed by atoms with Crippen molar-refractivity contribution >= 4 is 11.4 Å². The number of benzene rings is 1. The van der Waals surface area contributed by atoms with E-state index in [1.54, 1.807) is 6.92 Å².